The van der Waals surface area contributed by atoms with Crippen molar-refractivity contribution >= 4 is 28.7 Å². The minimum Gasteiger partial charge on any atom is -0.619 e. The van der Waals surface area contributed by atoms with Crippen LogP contribution in [0.15, 0.2) is 97.5 Å². The van der Waals surface area contributed by atoms with Crippen LogP contribution in [0.2, 0.25) is 5.02 Å². The smallest absolute Gasteiger partial charge is 0.182 e. The van der Waals surface area contributed by atoms with Crippen molar-refractivity contribution in [3.05, 3.63) is 119 Å². The van der Waals surface area contributed by atoms with Crippen LogP contribution in [-0.4, -0.2) is 16.5 Å². The predicted octanol–water partition coefficient (Wildman–Crippen LogP) is 6.34. The van der Waals surface area contributed by atoms with E-state index in [1.54, 1.807) is 12.4 Å². The third kappa shape index (κ3) is 4.39. The number of aromatic nitrogens is 3. The third-order valence-corrected chi connectivity index (χ3v) is 6.91. The molecule has 3 aromatic carbocycles. The highest BCUT2D eigenvalue weighted by molar-refractivity contribution is 6.33. The number of nitrogens with zero attached hydrogens (tertiary/aromatic N) is 3. The Morgan fingerprint density at radius 1 is 0.972 bits per heavy atom. The van der Waals surface area contributed by atoms with Crippen molar-refractivity contribution in [3.63, 3.8) is 0 Å². The van der Waals surface area contributed by atoms with Crippen LogP contribution in [0.25, 0.3) is 22.6 Å². The Kier molecular flexibility index (Phi) is 5.79. The Morgan fingerprint density at radius 2 is 1.81 bits per heavy atom. The topological polar surface area (TPSA) is 70.9 Å². The number of benzene rings is 3. The number of anilines is 3. The second kappa shape index (κ2) is 9.40. The third-order valence-electron chi connectivity index (χ3n) is 6.58. The summed E-state index contributed by atoms with van der Waals surface area (Å²) in [6.07, 6.45) is 5.83. The van der Waals surface area contributed by atoms with Crippen LogP contribution in [-0.2, 0) is 13.0 Å². The fraction of sp³-hybridized carbons (Fsp3) is 0.103. The molecule has 0 spiro atoms. The molecule has 2 aromatic heterocycles. The molecule has 0 radical (unpaired) electrons. The molecule has 0 bridgehead atoms. The van der Waals surface area contributed by atoms with Crippen LogP contribution < -0.4 is 14.9 Å². The molecule has 2 N–H and O–H groups in total. The van der Waals surface area contributed by atoms with E-state index >= 15 is 0 Å². The van der Waals surface area contributed by atoms with E-state index in [0.29, 0.717) is 5.02 Å². The fourth-order valence-corrected chi connectivity index (χ4v) is 4.93. The fourth-order valence-electron chi connectivity index (χ4n) is 4.73. The van der Waals surface area contributed by atoms with Gasteiger partial charge in [0.15, 0.2) is 12.4 Å². The molecule has 0 aliphatic carbocycles. The van der Waals surface area contributed by atoms with E-state index in [-0.39, 0.29) is 0 Å². The summed E-state index contributed by atoms with van der Waals surface area (Å²) in [7, 11) is 0. The minimum absolute atomic E-state index is 0.641. The van der Waals surface area contributed by atoms with Gasteiger partial charge in [-0.1, -0.05) is 54.1 Å². The number of hydrogen-bond donors (Lipinski definition) is 2. The van der Waals surface area contributed by atoms with Crippen molar-refractivity contribution < 1.29 is 4.73 Å². The van der Waals surface area contributed by atoms with E-state index in [9.17, 15) is 5.21 Å². The van der Waals surface area contributed by atoms with Gasteiger partial charge >= 0.3 is 0 Å². The molecule has 1 aliphatic rings. The van der Waals surface area contributed by atoms with Crippen molar-refractivity contribution in [2.75, 3.05) is 16.8 Å². The zero-order valence-electron chi connectivity index (χ0n) is 19.5. The summed E-state index contributed by atoms with van der Waals surface area (Å²) in [4.78, 5) is 10.3. The normalized spacial score (nSPS) is 12.9. The van der Waals surface area contributed by atoms with Gasteiger partial charge in [-0.15, -0.1) is 0 Å². The van der Waals surface area contributed by atoms with Gasteiger partial charge in [-0.2, -0.15) is 4.73 Å². The lowest BCUT2D eigenvalue weighted by atomic mass is 9.97. The van der Waals surface area contributed by atoms with Gasteiger partial charge in [-0.05, 0) is 47.4 Å². The monoisotopic (exact) mass is 493 g/mol. The van der Waals surface area contributed by atoms with Gasteiger partial charge in [0.25, 0.3) is 0 Å². The molecule has 0 amide bonds. The summed E-state index contributed by atoms with van der Waals surface area (Å²) in [5.41, 5.74) is 8.56. The number of imidazole rings is 1. The predicted molar refractivity (Wildman–Crippen MR) is 144 cm³/mol. The van der Waals surface area contributed by atoms with Crippen molar-refractivity contribution in [1.82, 2.24) is 9.97 Å². The van der Waals surface area contributed by atoms with Crippen LogP contribution in [0.3, 0.4) is 0 Å². The maximum atomic E-state index is 11.4. The van der Waals surface area contributed by atoms with Crippen molar-refractivity contribution in [1.29, 1.82) is 0 Å². The molecule has 0 atom stereocenters. The van der Waals surface area contributed by atoms with Gasteiger partial charge in [0.05, 0.1) is 16.9 Å². The summed E-state index contributed by atoms with van der Waals surface area (Å²) < 4.78 is 0.814. The first-order chi connectivity index (χ1) is 17.6. The van der Waals surface area contributed by atoms with E-state index in [1.165, 1.54) is 11.1 Å². The highest BCUT2D eigenvalue weighted by atomic mass is 35.5. The number of pyridine rings is 1. The molecule has 7 heteroatoms. The maximum Gasteiger partial charge on any atom is 0.182 e. The molecule has 1 aliphatic heterocycles. The Bertz CT molecular complexity index is 1520. The van der Waals surface area contributed by atoms with Crippen LogP contribution in [0.1, 0.15) is 11.1 Å². The highest BCUT2D eigenvalue weighted by Gasteiger charge is 2.20. The Hall–Kier alpha value is -4.29. The lowest BCUT2D eigenvalue weighted by Crippen LogP contribution is -2.32. The van der Waals surface area contributed by atoms with E-state index in [4.69, 9.17) is 11.6 Å². The number of rotatable bonds is 5. The summed E-state index contributed by atoms with van der Waals surface area (Å²) in [5.74, 6) is 0.732. The van der Waals surface area contributed by atoms with Crippen LogP contribution >= 0.6 is 11.6 Å². The number of nitrogens with one attached hydrogen (secondary N) is 2. The average Bonchev–Trinajstić information content (AvgIpc) is 3.41. The first-order valence-corrected chi connectivity index (χ1v) is 12.2. The molecule has 36 heavy (non-hydrogen) atoms. The van der Waals surface area contributed by atoms with Crippen LogP contribution in [0.4, 0.5) is 17.1 Å². The molecule has 0 unspecified atom stereocenters. The number of halogens is 1. The second-order valence-corrected chi connectivity index (χ2v) is 9.27. The van der Waals surface area contributed by atoms with Gasteiger partial charge in [0.1, 0.15) is 5.82 Å². The molecule has 5 aromatic rings. The van der Waals surface area contributed by atoms with E-state index in [1.807, 2.05) is 66.9 Å². The lowest BCUT2D eigenvalue weighted by Gasteiger charge is -2.31. The Labute approximate surface area is 214 Å². The number of H-pyrrole nitrogens is 1. The highest BCUT2D eigenvalue weighted by Crippen LogP contribution is 2.34. The lowest BCUT2D eigenvalue weighted by molar-refractivity contribution is -0.605. The molecule has 6 nitrogen and oxygen atoms in total. The van der Waals surface area contributed by atoms with Gasteiger partial charge in [0, 0.05) is 47.8 Å². The van der Waals surface area contributed by atoms with Gasteiger partial charge < -0.3 is 20.4 Å². The quantitative estimate of drug-likeness (QED) is 0.221. The minimum atomic E-state index is 0.641. The maximum absolute atomic E-state index is 11.4. The van der Waals surface area contributed by atoms with E-state index < -0.39 is 0 Å². The molecular weight excluding hydrogens is 470 g/mol. The summed E-state index contributed by atoms with van der Waals surface area (Å²) in [6, 6.07) is 26.1. The molecule has 6 rings (SSSR count). The van der Waals surface area contributed by atoms with Crippen molar-refractivity contribution in [2.45, 2.75) is 13.0 Å². The summed E-state index contributed by atoms with van der Waals surface area (Å²) >= 11 is 6.57. The van der Waals surface area contributed by atoms with Gasteiger partial charge in [0.2, 0.25) is 0 Å². The first kappa shape index (κ1) is 22.2. The zero-order chi connectivity index (χ0) is 24.5. The van der Waals surface area contributed by atoms with Crippen LogP contribution in [0.5, 0.6) is 0 Å². The largest absolute Gasteiger partial charge is 0.619 e. The van der Waals surface area contributed by atoms with Crippen molar-refractivity contribution in [3.8, 4) is 22.6 Å². The summed E-state index contributed by atoms with van der Waals surface area (Å²) in [6.45, 7) is 1.68. The molecule has 0 saturated heterocycles. The Morgan fingerprint density at radius 3 is 2.64 bits per heavy atom. The SMILES string of the molecule is [O-][n+]1ccc(N2CCc3c(cccc3Nc3ccc(Cl)c(-c4ncc(-c5ccccc5)[nH]4)c3)C2)cc1. The standard InChI is InChI=1S/C29H24ClN5O/c30-26-10-9-22(17-25(26)29-31-18-28(33-29)20-5-2-1-3-6-20)32-27-8-4-7-21-19-34(14-13-24(21)27)23-11-15-35(36)16-12-23/h1-12,15-18,32H,13-14,19H2,(H,31,33). The molecule has 178 valence electrons. The first-order valence-electron chi connectivity index (χ1n) is 11.9. The number of aromatic amines is 1. The molecule has 0 fully saturated rings. The Balaban J connectivity index is 1.25. The van der Waals surface area contributed by atoms with Crippen molar-refractivity contribution in [2.24, 2.45) is 0 Å². The number of hydrogen-bond acceptors (Lipinski definition) is 4. The van der Waals surface area contributed by atoms with E-state index in [0.717, 1.165) is 63.9 Å². The average molecular weight is 494 g/mol. The molecular formula is C29H24ClN5O. The van der Waals surface area contributed by atoms with Gasteiger partial charge in [-0.25, -0.2) is 4.98 Å². The zero-order valence-corrected chi connectivity index (χ0v) is 20.2. The van der Waals surface area contributed by atoms with Crippen LogP contribution in [0, 0.1) is 5.21 Å². The van der Waals surface area contributed by atoms with Gasteiger partial charge in [-0.3, -0.25) is 0 Å². The second-order valence-electron chi connectivity index (χ2n) is 8.86. The molecule has 0 saturated carbocycles. The number of fused-ring (bicyclic) bond motifs is 1. The van der Waals surface area contributed by atoms with E-state index in [2.05, 4.69) is 38.4 Å². The molecule has 3 heterocycles. The summed E-state index contributed by atoms with van der Waals surface area (Å²) in [5, 5.41) is 15.6.